The van der Waals surface area contributed by atoms with Crippen LogP contribution in [0.2, 0.25) is 5.02 Å². The highest BCUT2D eigenvalue weighted by molar-refractivity contribution is 7.22. The van der Waals surface area contributed by atoms with Crippen molar-refractivity contribution in [3.63, 3.8) is 0 Å². The maximum atomic E-state index is 12.3. The fraction of sp³-hybridized carbons (Fsp3) is 0.250. The predicted molar refractivity (Wildman–Crippen MR) is 93.9 cm³/mol. The monoisotopic (exact) mass is 376 g/mol. The summed E-state index contributed by atoms with van der Waals surface area (Å²) in [7, 11) is 0. The summed E-state index contributed by atoms with van der Waals surface area (Å²) in [4.78, 5) is 30.4. The second-order valence-corrected chi connectivity index (χ2v) is 7.32. The van der Waals surface area contributed by atoms with Gasteiger partial charge in [-0.2, -0.15) is 0 Å². The van der Waals surface area contributed by atoms with E-state index in [0.717, 1.165) is 10.2 Å². The van der Waals surface area contributed by atoms with Crippen molar-refractivity contribution in [1.29, 1.82) is 0 Å². The summed E-state index contributed by atoms with van der Waals surface area (Å²) >= 11 is 7.32. The highest BCUT2D eigenvalue weighted by Crippen LogP contribution is 2.29. The average Bonchev–Trinajstić information content (AvgIpc) is 3.10. The molecule has 1 fully saturated rings. The molecular weight excluding hydrogens is 364 g/mol. The van der Waals surface area contributed by atoms with E-state index in [1.807, 2.05) is 12.1 Å². The van der Waals surface area contributed by atoms with E-state index in [0.29, 0.717) is 29.0 Å². The van der Waals surface area contributed by atoms with Crippen molar-refractivity contribution in [3.8, 4) is 0 Å². The Morgan fingerprint density at radius 3 is 2.88 bits per heavy atom. The minimum absolute atomic E-state index is 0.148. The van der Waals surface area contributed by atoms with E-state index in [-0.39, 0.29) is 23.4 Å². The lowest BCUT2D eigenvalue weighted by Crippen LogP contribution is -2.54. The molecule has 0 saturated carbocycles. The fourth-order valence-corrected chi connectivity index (χ4v) is 3.74. The molecule has 0 bridgehead atoms. The Labute approximate surface area is 151 Å². The zero-order valence-electron chi connectivity index (χ0n) is 13.2. The quantitative estimate of drug-likeness (QED) is 0.759. The van der Waals surface area contributed by atoms with Gasteiger partial charge in [-0.15, -0.1) is 0 Å². The largest absolute Gasteiger partial charge is 0.361 e. The van der Waals surface area contributed by atoms with Crippen molar-refractivity contribution < 1.29 is 14.1 Å². The van der Waals surface area contributed by atoms with E-state index >= 15 is 0 Å². The highest BCUT2D eigenvalue weighted by Gasteiger charge is 2.37. The maximum absolute atomic E-state index is 12.3. The number of nitrogens with one attached hydrogen (secondary N) is 1. The number of hydrogen-bond donors (Lipinski definition) is 1. The highest BCUT2D eigenvalue weighted by atomic mass is 35.5. The molecule has 0 radical (unpaired) electrons. The molecule has 4 rings (SSSR count). The van der Waals surface area contributed by atoms with Crippen LogP contribution < -0.4 is 5.32 Å². The minimum Gasteiger partial charge on any atom is -0.361 e. The number of carbonyl (C=O) groups excluding carboxylic acids is 2. The molecule has 0 aliphatic carbocycles. The average molecular weight is 377 g/mol. The third-order valence-corrected chi connectivity index (χ3v) is 5.14. The number of aryl methyl sites for hydroxylation is 1. The first-order valence-electron chi connectivity index (χ1n) is 7.59. The van der Waals surface area contributed by atoms with Gasteiger partial charge in [0.05, 0.1) is 16.1 Å². The van der Waals surface area contributed by atoms with E-state index in [2.05, 4.69) is 15.5 Å². The summed E-state index contributed by atoms with van der Waals surface area (Å²) in [5.41, 5.74) is 1.05. The molecule has 2 aromatic heterocycles. The molecule has 1 aromatic carbocycles. The van der Waals surface area contributed by atoms with Gasteiger partial charge in [-0.3, -0.25) is 9.59 Å². The Morgan fingerprint density at radius 1 is 1.36 bits per heavy atom. The summed E-state index contributed by atoms with van der Waals surface area (Å²) in [6, 6.07) is 6.97. The Morgan fingerprint density at radius 2 is 2.16 bits per heavy atom. The second-order valence-electron chi connectivity index (χ2n) is 5.85. The summed E-state index contributed by atoms with van der Waals surface area (Å²) in [6.07, 6.45) is 0. The molecule has 7 nitrogen and oxygen atoms in total. The third-order valence-electron chi connectivity index (χ3n) is 3.97. The lowest BCUT2D eigenvalue weighted by molar-refractivity contribution is -0.123. The molecule has 1 N–H and O–H groups in total. The summed E-state index contributed by atoms with van der Waals surface area (Å²) < 4.78 is 5.81. The number of carbonyl (C=O) groups is 2. The van der Waals surface area contributed by atoms with Crippen LogP contribution >= 0.6 is 22.9 Å². The van der Waals surface area contributed by atoms with Crippen molar-refractivity contribution in [2.75, 3.05) is 18.4 Å². The van der Waals surface area contributed by atoms with Crippen LogP contribution in [0.5, 0.6) is 0 Å². The van der Waals surface area contributed by atoms with Gasteiger partial charge in [0.25, 0.3) is 5.91 Å². The predicted octanol–water partition coefficient (Wildman–Crippen LogP) is 2.96. The number of hydrogen-bond acceptors (Lipinski definition) is 6. The van der Waals surface area contributed by atoms with Crippen molar-refractivity contribution in [1.82, 2.24) is 15.0 Å². The van der Waals surface area contributed by atoms with Crippen LogP contribution in [0.25, 0.3) is 10.2 Å². The van der Waals surface area contributed by atoms with Crippen LogP contribution in [-0.4, -0.2) is 39.9 Å². The van der Waals surface area contributed by atoms with E-state index in [9.17, 15) is 9.59 Å². The van der Waals surface area contributed by atoms with E-state index < -0.39 is 0 Å². The lowest BCUT2D eigenvalue weighted by Gasteiger charge is -2.37. The molecule has 3 aromatic rings. The first-order valence-corrected chi connectivity index (χ1v) is 8.78. The van der Waals surface area contributed by atoms with Crippen LogP contribution in [0.3, 0.4) is 0 Å². The van der Waals surface area contributed by atoms with E-state index in [1.54, 1.807) is 24.0 Å². The molecule has 25 heavy (non-hydrogen) atoms. The van der Waals surface area contributed by atoms with E-state index in [4.69, 9.17) is 16.1 Å². The molecule has 2 amide bonds. The number of nitrogens with zero attached hydrogens (tertiary/aromatic N) is 3. The zero-order valence-corrected chi connectivity index (χ0v) is 14.7. The number of aromatic nitrogens is 2. The minimum atomic E-state index is -0.257. The van der Waals surface area contributed by atoms with Gasteiger partial charge in [0.15, 0.2) is 10.8 Å². The number of rotatable bonds is 3. The Bertz CT molecular complexity index is 977. The van der Waals surface area contributed by atoms with Gasteiger partial charge < -0.3 is 14.7 Å². The number of thiazole rings is 1. The number of benzene rings is 1. The standard InChI is InChI=1S/C16H13ClN4O3S/c1-8-4-12(20-24-8)15(23)21-6-9(7-21)14(22)19-16-18-11-3-2-10(17)5-13(11)25-16/h2-5,9H,6-7H2,1H3,(H,18,19,22). The molecule has 9 heteroatoms. The number of likely N-dealkylation sites (tertiary alicyclic amines) is 1. The first-order chi connectivity index (χ1) is 12.0. The van der Waals surface area contributed by atoms with Crippen LogP contribution in [0.4, 0.5) is 5.13 Å². The first kappa shape index (κ1) is 16.0. The van der Waals surface area contributed by atoms with Crippen LogP contribution in [-0.2, 0) is 4.79 Å². The Hall–Kier alpha value is -2.45. The van der Waals surface area contributed by atoms with Crippen LogP contribution in [0.1, 0.15) is 16.2 Å². The van der Waals surface area contributed by atoms with Crippen LogP contribution in [0, 0.1) is 12.8 Å². The number of fused-ring (bicyclic) bond motifs is 1. The van der Waals surface area contributed by atoms with Gasteiger partial charge in [0.2, 0.25) is 5.91 Å². The normalized spacial score (nSPS) is 14.6. The molecule has 0 unspecified atom stereocenters. The molecule has 1 aliphatic heterocycles. The maximum Gasteiger partial charge on any atom is 0.276 e. The van der Waals surface area contributed by atoms with Gasteiger partial charge in [0.1, 0.15) is 5.76 Å². The molecular formula is C16H13ClN4O3S. The van der Waals surface area contributed by atoms with Crippen molar-refractivity contribution >= 4 is 50.1 Å². The molecule has 0 spiro atoms. The topological polar surface area (TPSA) is 88.3 Å². The number of halogens is 1. The molecule has 0 atom stereocenters. The molecule has 128 valence electrons. The summed E-state index contributed by atoms with van der Waals surface area (Å²) in [6.45, 7) is 2.43. The van der Waals surface area contributed by atoms with Gasteiger partial charge >= 0.3 is 0 Å². The van der Waals surface area contributed by atoms with Gasteiger partial charge in [0, 0.05) is 24.2 Å². The van der Waals surface area contributed by atoms with Crippen LogP contribution in [0.15, 0.2) is 28.8 Å². The number of amides is 2. The summed E-state index contributed by atoms with van der Waals surface area (Å²) in [5, 5.41) is 7.67. The fourth-order valence-electron chi connectivity index (χ4n) is 2.60. The van der Waals surface area contributed by atoms with Gasteiger partial charge in [-0.1, -0.05) is 28.1 Å². The molecule has 1 aliphatic rings. The van der Waals surface area contributed by atoms with Crippen molar-refractivity contribution in [3.05, 3.63) is 40.7 Å². The molecule has 1 saturated heterocycles. The van der Waals surface area contributed by atoms with Crippen molar-refractivity contribution in [2.45, 2.75) is 6.92 Å². The van der Waals surface area contributed by atoms with Gasteiger partial charge in [-0.05, 0) is 25.1 Å². The smallest absolute Gasteiger partial charge is 0.276 e. The van der Waals surface area contributed by atoms with Gasteiger partial charge in [-0.25, -0.2) is 4.98 Å². The lowest BCUT2D eigenvalue weighted by atomic mass is 9.99. The van der Waals surface area contributed by atoms with Crippen molar-refractivity contribution in [2.24, 2.45) is 5.92 Å². The summed E-state index contributed by atoms with van der Waals surface area (Å²) in [5.74, 6) is -0.0530. The third kappa shape index (κ3) is 3.10. The Kier molecular flexibility index (Phi) is 3.93. The zero-order chi connectivity index (χ0) is 17.6. The SMILES string of the molecule is Cc1cc(C(=O)N2CC(C(=O)Nc3nc4ccc(Cl)cc4s3)C2)no1. The molecule has 3 heterocycles. The van der Waals surface area contributed by atoms with E-state index in [1.165, 1.54) is 11.3 Å². The second kappa shape index (κ2) is 6.12. The Balaban J connectivity index is 1.37. The number of anilines is 1.